The molecule has 0 spiro atoms. The lowest BCUT2D eigenvalue weighted by atomic mass is 9.97. The van der Waals surface area contributed by atoms with Crippen molar-refractivity contribution in [3.05, 3.63) is 81.4 Å². The van der Waals surface area contributed by atoms with Gasteiger partial charge in [0.15, 0.2) is 5.82 Å². The smallest absolute Gasteiger partial charge is 0.268 e. The SMILES string of the molecule is N#Cc1c(SCc2nn[nH]n2)[nH]c(=O)c(Cl)c1-c1cccc(-c2ccccc2)c1. The molecule has 0 bridgehead atoms. The molecule has 2 heterocycles. The second kappa shape index (κ2) is 8.31. The maximum Gasteiger partial charge on any atom is 0.268 e. The fourth-order valence-corrected chi connectivity index (χ4v) is 4.01. The molecular formula is C20H13ClN6OS. The first-order valence-corrected chi connectivity index (χ1v) is 9.90. The van der Waals surface area contributed by atoms with Gasteiger partial charge in [-0.1, -0.05) is 77.1 Å². The molecule has 2 aromatic heterocycles. The van der Waals surface area contributed by atoms with Gasteiger partial charge in [-0.05, 0) is 22.8 Å². The van der Waals surface area contributed by atoms with Crippen LogP contribution in [-0.2, 0) is 5.75 Å². The molecule has 0 saturated carbocycles. The number of nitrogens with one attached hydrogen (secondary N) is 2. The van der Waals surface area contributed by atoms with E-state index < -0.39 is 5.56 Å². The van der Waals surface area contributed by atoms with E-state index in [4.69, 9.17) is 11.6 Å². The lowest BCUT2D eigenvalue weighted by molar-refractivity contribution is 0.881. The van der Waals surface area contributed by atoms with Crippen LogP contribution in [0.3, 0.4) is 0 Å². The van der Waals surface area contributed by atoms with Crippen molar-refractivity contribution in [1.82, 2.24) is 25.6 Å². The first-order chi connectivity index (χ1) is 14.2. The number of aromatic nitrogens is 5. The third-order valence-corrected chi connectivity index (χ3v) is 5.59. The second-order valence-corrected chi connectivity index (χ2v) is 7.39. The van der Waals surface area contributed by atoms with Gasteiger partial charge in [0.05, 0.1) is 16.3 Å². The number of thioether (sulfide) groups is 1. The largest absolute Gasteiger partial charge is 0.315 e. The summed E-state index contributed by atoms with van der Waals surface area (Å²) < 4.78 is 0. The van der Waals surface area contributed by atoms with Crippen molar-refractivity contribution in [3.63, 3.8) is 0 Å². The third-order valence-electron chi connectivity index (χ3n) is 4.23. The average molecular weight is 421 g/mol. The van der Waals surface area contributed by atoms with Crippen molar-refractivity contribution in [2.45, 2.75) is 10.8 Å². The Balaban J connectivity index is 1.81. The second-order valence-electron chi connectivity index (χ2n) is 6.02. The summed E-state index contributed by atoms with van der Waals surface area (Å²) in [6.07, 6.45) is 0. The van der Waals surface area contributed by atoms with E-state index in [1.54, 1.807) is 0 Å². The maximum absolute atomic E-state index is 12.5. The molecule has 7 nitrogen and oxygen atoms in total. The van der Waals surface area contributed by atoms with E-state index in [2.05, 4.69) is 31.7 Å². The van der Waals surface area contributed by atoms with Gasteiger partial charge in [-0.25, -0.2) is 0 Å². The summed E-state index contributed by atoms with van der Waals surface area (Å²) in [6.45, 7) is 0. The molecular weight excluding hydrogens is 408 g/mol. The highest BCUT2D eigenvalue weighted by Crippen LogP contribution is 2.35. The fraction of sp³-hybridized carbons (Fsp3) is 0.0500. The van der Waals surface area contributed by atoms with Crippen molar-refractivity contribution < 1.29 is 0 Å². The number of H-pyrrole nitrogens is 2. The predicted molar refractivity (Wildman–Crippen MR) is 111 cm³/mol. The van der Waals surface area contributed by atoms with Gasteiger partial charge < -0.3 is 4.98 Å². The molecule has 4 aromatic rings. The van der Waals surface area contributed by atoms with Crippen LogP contribution < -0.4 is 5.56 Å². The number of aromatic amines is 2. The topological polar surface area (TPSA) is 111 Å². The van der Waals surface area contributed by atoms with Gasteiger partial charge in [-0.2, -0.15) is 10.5 Å². The van der Waals surface area contributed by atoms with E-state index in [1.165, 1.54) is 11.8 Å². The third kappa shape index (κ3) is 3.92. The Labute approximate surface area is 174 Å². The molecule has 0 unspecified atom stereocenters. The molecule has 0 saturated heterocycles. The Morgan fingerprint density at radius 1 is 1.07 bits per heavy atom. The highest BCUT2D eigenvalue weighted by atomic mass is 35.5. The van der Waals surface area contributed by atoms with E-state index in [0.29, 0.717) is 33.3 Å². The number of rotatable bonds is 5. The van der Waals surface area contributed by atoms with Gasteiger partial charge >= 0.3 is 0 Å². The van der Waals surface area contributed by atoms with Gasteiger partial charge in [-0.3, -0.25) is 4.79 Å². The zero-order chi connectivity index (χ0) is 20.2. The molecule has 0 atom stereocenters. The van der Waals surface area contributed by atoms with Crippen LogP contribution in [0.5, 0.6) is 0 Å². The van der Waals surface area contributed by atoms with Crippen molar-refractivity contribution in [2.24, 2.45) is 0 Å². The predicted octanol–water partition coefficient (Wildman–Crippen LogP) is 4.04. The van der Waals surface area contributed by atoms with Gasteiger partial charge in [0.1, 0.15) is 11.1 Å². The molecule has 2 aromatic carbocycles. The lowest BCUT2D eigenvalue weighted by Crippen LogP contribution is -2.11. The zero-order valence-corrected chi connectivity index (χ0v) is 16.5. The Morgan fingerprint density at radius 3 is 2.55 bits per heavy atom. The van der Waals surface area contributed by atoms with E-state index in [9.17, 15) is 10.1 Å². The molecule has 0 aliphatic carbocycles. The van der Waals surface area contributed by atoms with Crippen molar-refractivity contribution >= 4 is 23.4 Å². The van der Waals surface area contributed by atoms with Crippen LogP contribution in [-0.4, -0.2) is 25.6 Å². The molecule has 2 N–H and O–H groups in total. The number of hydrogen-bond donors (Lipinski definition) is 2. The van der Waals surface area contributed by atoms with E-state index in [1.807, 2.05) is 54.6 Å². The fourth-order valence-electron chi connectivity index (χ4n) is 2.91. The summed E-state index contributed by atoms with van der Waals surface area (Å²) in [5.41, 5.74) is 2.94. The Kier molecular flexibility index (Phi) is 5.42. The first-order valence-electron chi connectivity index (χ1n) is 8.54. The first kappa shape index (κ1) is 18.9. The van der Waals surface area contributed by atoms with Gasteiger partial charge in [0.2, 0.25) is 0 Å². The average Bonchev–Trinajstić information content (AvgIpc) is 3.28. The minimum Gasteiger partial charge on any atom is -0.315 e. The standard InChI is InChI=1S/C20H13ClN6OS/c21-18-17(14-8-4-7-13(9-14)12-5-2-1-3-6-12)15(10-22)20(23-19(18)28)29-11-16-24-26-27-25-16/h1-9H,11H2,(H,23,28)(H,24,25,26,27). The molecule has 0 fully saturated rings. The van der Waals surface area contributed by atoms with Gasteiger partial charge in [-0.15, -0.1) is 10.2 Å². The van der Waals surface area contributed by atoms with Crippen LogP contribution in [0, 0.1) is 11.3 Å². The number of hydrogen-bond acceptors (Lipinski definition) is 6. The summed E-state index contributed by atoms with van der Waals surface area (Å²) in [4.78, 5) is 15.1. The summed E-state index contributed by atoms with van der Waals surface area (Å²) in [6, 6.07) is 19.6. The number of nitrogens with zero attached hydrogens (tertiary/aromatic N) is 4. The Hall–Kier alpha value is -3.41. The minimum atomic E-state index is -0.457. The molecule has 0 aliphatic rings. The van der Waals surface area contributed by atoms with E-state index in [-0.39, 0.29) is 5.02 Å². The lowest BCUT2D eigenvalue weighted by Gasteiger charge is -2.12. The van der Waals surface area contributed by atoms with Crippen LogP contribution >= 0.6 is 23.4 Å². The highest BCUT2D eigenvalue weighted by molar-refractivity contribution is 7.98. The molecule has 0 aliphatic heterocycles. The monoisotopic (exact) mass is 420 g/mol. The summed E-state index contributed by atoms with van der Waals surface area (Å²) in [5, 5.41) is 23.9. The molecule has 9 heteroatoms. The molecule has 0 radical (unpaired) electrons. The number of benzene rings is 2. The molecule has 4 rings (SSSR count). The number of halogens is 1. The Morgan fingerprint density at radius 2 is 1.83 bits per heavy atom. The van der Waals surface area contributed by atoms with Crippen LogP contribution in [0.25, 0.3) is 22.3 Å². The van der Waals surface area contributed by atoms with Crippen molar-refractivity contribution in [3.8, 4) is 28.3 Å². The summed E-state index contributed by atoms with van der Waals surface area (Å²) >= 11 is 7.58. The quantitative estimate of drug-likeness (QED) is 0.471. The minimum absolute atomic E-state index is 0.0179. The molecule has 0 amide bonds. The van der Waals surface area contributed by atoms with E-state index >= 15 is 0 Å². The maximum atomic E-state index is 12.5. The number of tetrazole rings is 1. The Bertz CT molecular complexity index is 1250. The highest BCUT2D eigenvalue weighted by Gasteiger charge is 2.19. The van der Waals surface area contributed by atoms with Crippen LogP contribution in [0.15, 0.2) is 64.4 Å². The van der Waals surface area contributed by atoms with E-state index in [0.717, 1.165) is 11.1 Å². The van der Waals surface area contributed by atoms with Crippen LogP contribution in [0.1, 0.15) is 11.4 Å². The number of pyridine rings is 1. The number of nitriles is 1. The van der Waals surface area contributed by atoms with Crippen molar-refractivity contribution in [1.29, 1.82) is 5.26 Å². The normalized spacial score (nSPS) is 10.6. The summed E-state index contributed by atoms with van der Waals surface area (Å²) in [5.74, 6) is 0.800. The van der Waals surface area contributed by atoms with Gasteiger partial charge in [0.25, 0.3) is 5.56 Å². The summed E-state index contributed by atoms with van der Waals surface area (Å²) in [7, 11) is 0. The zero-order valence-electron chi connectivity index (χ0n) is 14.9. The molecule has 142 valence electrons. The van der Waals surface area contributed by atoms with Crippen LogP contribution in [0.2, 0.25) is 5.02 Å². The van der Waals surface area contributed by atoms with Crippen LogP contribution in [0.4, 0.5) is 0 Å². The molecule has 29 heavy (non-hydrogen) atoms. The van der Waals surface area contributed by atoms with Gasteiger partial charge in [0, 0.05) is 5.56 Å². The van der Waals surface area contributed by atoms with Crippen molar-refractivity contribution in [2.75, 3.05) is 0 Å².